The van der Waals surface area contributed by atoms with Crippen molar-refractivity contribution in [2.45, 2.75) is 25.6 Å². The number of nitrogens with zero attached hydrogens (tertiary/aromatic N) is 2. The number of hydrazone groups is 1. The highest BCUT2D eigenvalue weighted by molar-refractivity contribution is 6.02. The van der Waals surface area contributed by atoms with Crippen molar-refractivity contribution in [3.05, 3.63) is 125 Å². The van der Waals surface area contributed by atoms with E-state index in [0.717, 1.165) is 23.4 Å². The molecular weight excluding hydrogens is 392 g/mol. The van der Waals surface area contributed by atoms with Gasteiger partial charge in [0, 0.05) is 17.5 Å². The summed E-state index contributed by atoms with van der Waals surface area (Å²) in [6.07, 6.45) is 0.629. The van der Waals surface area contributed by atoms with Crippen LogP contribution in [0.2, 0.25) is 0 Å². The lowest BCUT2D eigenvalue weighted by Gasteiger charge is -2.38. The number of benzene rings is 4. The Hall–Kier alpha value is -3.85. The minimum absolute atomic E-state index is 0.176. The van der Waals surface area contributed by atoms with E-state index in [2.05, 4.69) is 103 Å². The van der Waals surface area contributed by atoms with Gasteiger partial charge >= 0.3 is 0 Å². The molecule has 2 atom stereocenters. The van der Waals surface area contributed by atoms with Crippen molar-refractivity contribution in [1.82, 2.24) is 5.01 Å². The summed E-state index contributed by atoms with van der Waals surface area (Å²) in [5.74, 6) is 0.950. The molecular formula is C29H24N2O. The Morgan fingerprint density at radius 2 is 1.38 bits per heavy atom. The maximum atomic E-state index is 6.50. The van der Waals surface area contributed by atoms with Gasteiger partial charge in [0.25, 0.3) is 0 Å². The van der Waals surface area contributed by atoms with E-state index in [-0.39, 0.29) is 12.3 Å². The second-order valence-corrected chi connectivity index (χ2v) is 8.51. The predicted molar refractivity (Wildman–Crippen MR) is 129 cm³/mol. The first kappa shape index (κ1) is 18.9. The summed E-state index contributed by atoms with van der Waals surface area (Å²) >= 11 is 0. The lowest BCUT2D eigenvalue weighted by Crippen LogP contribution is -2.33. The van der Waals surface area contributed by atoms with Crippen LogP contribution >= 0.6 is 0 Å². The molecule has 0 spiro atoms. The Labute approximate surface area is 188 Å². The van der Waals surface area contributed by atoms with Crippen LogP contribution in [-0.2, 0) is 0 Å². The molecule has 0 aromatic heterocycles. The standard InChI is InChI=1S/C29H24N2O/c1-20-11-13-23(14-12-20)26-19-27-25-9-5-6-10-28(25)32-29(31(27)30-26)24-17-15-22(16-18-24)21-7-3-2-4-8-21/h2-18,27,29H,19H2,1H3/t27-,29+/m1/s1. The number of para-hydroxylation sites is 1. The van der Waals surface area contributed by atoms with Gasteiger partial charge in [-0.15, -0.1) is 0 Å². The molecule has 0 unspecified atom stereocenters. The van der Waals surface area contributed by atoms with Gasteiger partial charge in [0.1, 0.15) is 5.75 Å². The van der Waals surface area contributed by atoms with E-state index in [1.807, 2.05) is 12.1 Å². The van der Waals surface area contributed by atoms with E-state index >= 15 is 0 Å². The first-order valence-electron chi connectivity index (χ1n) is 11.1. The van der Waals surface area contributed by atoms with Crippen molar-refractivity contribution in [3.8, 4) is 16.9 Å². The number of hydrogen-bond donors (Lipinski definition) is 0. The van der Waals surface area contributed by atoms with Crippen LogP contribution in [0.25, 0.3) is 11.1 Å². The second kappa shape index (κ2) is 7.69. The van der Waals surface area contributed by atoms with Gasteiger partial charge in [-0.05, 0) is 29.7 Å². The van der Waals surface area contributed by atoms with Crippen molar-refractivity contribution in [2.24, 2.45) is 5.10 Å². The zero-order valence-electron chi connectivity index (χ0n) is 18.0. The third-order valence-corrected chi connectivity index (χ3v) is 6.39. The molecule has 0 bridgehead atoms. The second-order valence-electron chi connectivity index (χ2n) is 8.51. The molecule has 4 aromatic rings. The molecule has 32 heavy (non-hydrogen) atoms. The van der Waals surface area contributed by atoms with Gasteiger partial charge in [-0.2, -0.15) is 5.10 Å². The minimum Gasteiger partial charge on any atom is -0.464 e. The molecule has 0 aliphatic carbocycles. The lowest BCUT2D eigenvalue weighted by atomic mass is 9.95. The van der Waals surface area contributed by atoms with Gasteiger partial charge in [0.15, 0.2) is 0 Å². The van der Waals surface area contributed by atoms with Crippen LogP contribution in [-0.4, -0.2) is 10.7 Å². The van der Waals surface area contributed by atoms with Crippen LogP contribution in [0.4, 0.5) is 0 Å². The highest BCUT2D eigenvalue weighted by Gasteiger charge is 2.40. The monoisotopic (exact) mass is 416 g/mol. The molecule has 0 fully saturated rings. The van der Waals surface area contributed by atoms with Crippen LogP contribution in [0.15, 0.2) is 108 Å². The summed E-state index contributed by atoms with van der Waals surface area (Å²) in [7, 11) is 0. The number of ether oxygens (including phenoxy) is 1. The van der Waals surface area contributed by atoms with E-state index in [9.17, 15) is 0 Å². The molecule has 0 amide bonds. The zero-order chi connectivity index (χ0) is 21.5. The summed E-state index contributed by atoms with van der Waals surface area (Å²) in [6.45, 7) is 2.11. The van der Waals surface area contributed by atoms with Gasteiger partial charge < -0.3 is 4.74 Å². The Bertz CT molecular complexity index is 1280. The third kappa shape index (κ3) is 3.27. The summed E-state index contributed by atoms with van der Waals surface area (Å²) in [5, 5.41) is 7.22. The fraction of sp³-hybridized carbons (Fsp3) is 0.138. The average Bonchev–Trinajstić information content (AvgIpc) is 3.30. The number of aryl methyl sites for hydroxylation is 1. The van der Waals surface area contributed by atoms with Crippen molar-refractivity contribution in [3.63, 3.8) is 0 Å². The van der Waals surface area contributed by atoms with Crippen molar-refractivity contribution in [2.75, 3.05) is 0 Å². The normalized spacial score (nSPS) is 19.0. The average molecular weight is 417 g/mol. The molecule has 0 saturated carbocycles. The van der Waals surface area contributed by atoms with Crippen molar-refractivity contribution in [1.29, 1.82) is 0 Å². The highest BCUT2D eigenvalue weighted by atomic mass is 16.5. The Balaban J connectivity index is 1.38. The third-order valence-electron chi connectivity index (χ3n) is 6.39. The first-order valence-corrected chi connectivity index (χ1v) is 11.1. The van der Waals surface area contributed by atoms with Gasteiger partial charge in [0.05, 0.1) is 11.8 Å². The maximum Gasteiger partial charge on any atom is 0.213 e. The van der Waals surface area contributed by atoms with Gasteiger partial charge in [-0.1, -0.05) is 103 Å². The van der Waals surface area contributed by atoms with Crippen molar-refractivity contribution < 1.29 is 4.74 Å². The molecule has 0 N–H and O–H groups in total. The molecule has 3 heteroatoms. The van der Waals surface area contributed by atoms with Crippen LogP contribution in [0.5, 0.6) is 5.75 Å². The molecule has 0 saturated heterocycles. The fourth-order valence-corrected chi connectivity index (χ4v) is 4.65. The smallest absolute Gasteiger partial charge is 0.213 e. The quantitative estimate of drug-likeness (QED) is 0.363. The fourth-order valence-electron chi connectivity index (χ4n) is 4.65. The Kier molecular flexibility index (Phi) is 4.53. The van der Waals surface area contributed by atoms with Gasteiger partial charge in [-0.25, -0.2) is 5.01 Å². The topological polar surface area (TPSA) is 24.8 Å². The van der Waals surface area contributed by atoms with Gasteiger partial charge in [-0.3, -0.25) is 0 Å². The molecule has 3 nitrogen and oxygen atoms in total. The SMILES string of the molecule is Cc1ccc(C2=NN3[C@H](C2)c2ccccc2O[C@H]3c2ccc(-c3ccccc3)cc2)cc1. The zero-order valence-corrected chi connectivity index (χ0v) is 18.0. The van der Waals surface area contributed by atoms with E-state index in [1.165, 1.54) is 27.8 Å². The number of hydrogen-bond acceptors (Lipinski definition) is 3. The molecule has 4 aromatic carbocycles. The molecule has 156 valence electrons. The van der Waals surface area contributed by atoms with Crippen LogP contribution in [0.1, 0.15) is 40.9 Å². The molecule has 6 rings (SSSR count). The predicted octanol–water partition coefficient (Wildman–Crippen LogP) is 6.90. The Morgan fingerprint density at radius 3 is 2.16 bits per heavy atom. The van der Waals surface area contributed by atoms with Crippen LogP contribution in [0, 0.1) is 6.92 Å². The Morgan fingerprint density at radius 1 is 0.719 bits per heavy atom. The van der Waals surface area contributed by atoms with E-state index in [1.54, 1.807) is 0 Å². The summed E-state index contributed by atoms with van der Waals surface area (Å²) in [6, 6.07) is 36.3. The molecule has 0 radical (unpaired) electrons. The lowest BCUT2D eigenvalue weighted by molar-refractivity contribution is -0.0190. The van der Waals surface area contributed by atoms with E-state index in [0.29, 0.717) is 0 Å². The summed E-state index contributed by atoms with van der Waals surface area (Å²) in [4.78, 5) is 0. The van der Waals surface area contributed by atoms with Crippen LogP contribution in [0.3, 0.4) is 0 Å². The van der Waals surface area contributed by atoms with Crippen molar-refractivity contribution >= 4 is 5.71 Å². The summed E-state index contributed by atoms with van der Waals surface area (Å²) in [5.41, 5.74) is 8.28. The molecule has 2 aliphatic heterocycles. The summed E-state index contributed by atoms with van der Waals surface area (Å²) < 4.78 is 6.50. The minimum atomic E-state index is -0.248. The molecule has 2 heterocycles. The van der Waals surface area contributed by atoms with E-state index < -0.39 is 0 Å². The van der Waals surface area contributed by atoms with Gasteiger partial charge in [0.2, 0.25) is 6.23 Å². The van der Waals surface area contributed by atoms with E-state index in [4.69, 9.17) is 9.84 Å². The first-order chi connectivity index (χ1) is 15.8. The highest BCUT2D eigenvalue weighted by Crippen LogP contribution is 2.47. The largest absolute Gasteiger partial charge is 0.464 e. The maximum absolute atomic E-state index is 6.50. The van der Waals surface area contributed by atoms with Crippen LogP contribution < -0.4 is 4.74 Å². The number of fused-ring (bicyclic) bond motifs is 3. The number of rotatable bonds is 3. The molecule has 2 aliphatic rings.